The van der Waals surface area contributed by atoms with Crippen LogP contribution in [0.15, 0.2) is 77.7 Å². The smallest absolute Gasteiger partial charge is 0.200 e. The van der Waals surface area contributed by atoms with Crippen molar-refractivity contribution in [2.24, 2.45) is 0 Å². The normalized spacial score (nSPS) is 10.9. The fourth-order valence-corrected chi connectivity index (χ4v) is 3.35. The van der Waals surface area contributed by atoms with Crippen molar-refractivity contribution in [1.29, 1.82) is 0 Å². The lowest BCUT2D eigenvalue weighted by atomic mass is 9.87. The zero-order valence-corrected chi connectivity index (χ0v) is 15.4. The number of hydrogen-bond acceptors (Lipinski definition) is 3. The summed E-state index contributed by atoms with van der Waals surface area (Å²) in [6.45, 7) is 2.38. The van der Waals surface area contributed by atoms with Crippen molar-refractivity contribution in [2.45, 2.75) is 13.5 Å². The maximum atomic E-state index is 13.1. The number of pyridine rings is 2. The fourth-order valence-electron chi connectivity index (χ4n) is 3.35. The molecule has 2 heterocycles. The van der Waals surface area contributed by atoms with Crippen molar-refractivity contribution < 1.29 is 4.79 Å². The molecule has 134 valence electrons. The Morgan fingerprint density at radius 3 is 2.50 bits per heavy atom. The summed E-state index contributed by atoms with van der Waals surface area (Å²) in [5.41, 5.74) is 3.01. The van der Waals surface area contributed by atoms with E-state index in [2.05, 4.69) is 4.98 Å². The average molecular weight is 364 g/mol. The van der Waals surface area contributed by atoms with E-state index in [1.54, 1.807) is 42.6 Å². The molecule has 28 heavy (non-hydrogen) atoms. The quantitative estimate of drug-likeness (QED) is 0.413. The number of hydrogen-bond donors (Lipinski definition) is 0. The average Bonchev–Trinajstić information content (AvgIpc) is 2.70. The molecule has 4 rings (SSSR count). The summed E-state index contributed by atoms with van der Waals surface area (Å²) in [5.74, 6) is -0.375. The Bertz CT molecular complexity index is 1260. The van der Waals surface area contributed by atoms with Gasteiger partial charge in [-0.05, 0) is 31.2 Å². The Morgan fingerprint density at radius 1 is 0.964 bits per heavy atom. The summed E-state index contributed by atoms with van der Waals surface area (Å²) in [6.07, 6.45) is 1.61. The molecule has 0 spiro atoms. The lowest BCUT2D eigenvalue weighted by Gasteiger charge is -2.14. The van der Waals surface area contributed by atoms with Gasteiger partial charge in [-0.3, -0.25) is 14.6 Å². The van der Waals surface area contributed by atoms with Gasteiger partial charge < -0.3 is 4.57 Å². The predicted octanol–water partition coefficient (Wildman–Crippen LogP) is 2.78. The summed E-state index contributed by atoms with van der Waals surface area (Å²) in [6, 6.07) is 19.9. The molecule has 2 aromatic carbocycles. The highest BCUT2D eigenvalue weighted by atomic mass is 16.1. The molecule has 2 radical (unpaired) electrons. The van der Waals surface area contributed by atoms with Crippen LogP contribution in [0.2, 0.25) is 0 Å². The van der Waals surface area contributed by atoms with Crippen molar-refractivity contribution in [1.82, 2.24) is 9.55 Å². The van der Waals surface area contributed by atoms with Gasteiger partial charge in [0.1, 0.15) is 7.85 Å². The third kappa shape index (κ3) is 3.27. The van der Waals surface area contributed by atoms with Gasteiger partial charge in [-0.2, -0.15) is 0 Å². The number of benzene rings is 2. The Morgan fingerprint density at radius 2 is 1.71 bits per heavy atom. The number of aryl methyl sites for hydroxylation is 1. The zero-order chi connectivity index (χ0) is 19.7. The zero-order valence-electron chi connectivity index (χ0n) is 15.4. The van der Waals surface area contributed by atoms with Crippen molar-refractivity contribution in [3.05, 3.63) is 106 Å². The Hall–Kier alpha value is -3.47. The highest BCUT2D eigenvalue weighted by Crippen LogP contribution is 2.15. The first-order valence-electron chi connectivity index (χ1n) is 8.98. The molecule has 0 unspecified atom stereocenters. The van der Waals surface area contributed by atoms with Crippen LogP contribution in [0.1, 0.15) is 27.3 Å². The van der Waals surface area contributed by atoms with E-state index in [9.17, 15) is 9.59 Å². The molecular weight excluding hydrogens is 347 g/mol. The number of carbonyl (C=O) groups is 1. The van der Waals surface area contributed by atoms with Crippen molar-refractivity contribution in [3.63, 3.8) is 0 Å². The van der Waals surface area contributed by atoms with E-state index in [0.29, 0.717) is 23.0 Å². The first-order valence-corrected chi connectivity index (χ1v) is 8.98. The summed E-state index contributed by atoms with van der Waals surface area (Å²) in [5, 5.41) is 0.496. The number of carbonyl (C=O) groups excluding carboxylic acids is 1. The molecule has 0 aliphatic rings. The number of aromatic nitrogens is 2. The molecule has 0 aliphatic heterocycles. The number of nitrogens with zero attached hydrogens (tertiary/aromatic N) is 2. The second kappa shape index (κ2) is 7.27. The summed E-state index contributed by atoms with van der Waals surface area (Å²) < 4.78 is 1.89. The minimum atomic E-state index is -0.375. The third-order valence-electron chi connectivity index (χ3n) is 4.72. The highest BCUT2D eigenvalue weighted by Gasteiger charge is 2.18. The van der Waals surface area contributed by atoms with Crippen LogP contribution < -0.4 is 10.9 Å². The van der Waals surface area contributed by atoms with Gasteiger partial charge in [-0.1, -0.05) is 47.9 Å². The molecule has 0 atom stereocenters. The van der Waals surface area contributed by atoms with Crippen LogP contribution in [0.5, 0.6) is 0 Å². The Balaban J connectivity index is 1.91. The Labute approximate surface area is 163 Å². The first-order chi connectivity index (χ1) is 13.5. The minimum Gasteiger partial charge on any atom is -0.340 e. The third-order valence-corrected chi connectivity index (χ3v) is 4.72. The molecule has 0 bridgehead atoms. The number of rotatable bonds is 4. The van der Waals surface area contributed by atoms with E-state index in [-0.39, 0.29) is 16.8 Å². The molecule has 0 saturated heterocycles. The summed E-state index contributed by atoms with van der Waals surface area (Å²) in [7, 11) is 5.96. The molecule has 0 saturated carbocycles. The van der Waals surface area contributed by atoms with Gasteiger partial charge in [-0.25, -0.2) is 0 Å². The number of fused-ring (bicyclic) bond motifs is 1. The SMILES string of the molecule is [B]c1ccccc1C(=O)c1cn(Cc2cccc(C)n2)c2ccccc2c1=O. The van der Waals surface area contributed by atoms with E-state index in [1.165, 1.54) is 0 Å². The molecule has 0 fully saturated rings. The van der Waals surface area contributed by atoms with Crippen molar-refractivity contribution in [2.75, 3.05) is 0 Å². The molecule has 0 amide bonds. The molecule has 0 N–H and O–H groups in total. The lowest BCUT2D eigenvalue weighted by Crippen LogP contribution is -2.24. The standard InChI is InChI=1S/C23H17BN2O2/c1-15-7-6-8-16(25-15)13-26-14-19(22(27)17-9-2-4-11-20(17)24)23(28)18-10-3-5-12-21(18)26/h2-12,14H,13H2,1H3. The van der Waals surface area contributed by atoms with Gasteiger partial charge in [0, 0.05) is 22.8 Å². The van der Waals surface area contributed by atoms with Crippen LogP contribution >= 0.6 is 0 Å². The predicted molar refractivity (Wildman–Crippen MR) is 112 cm³/mol. The molecular formula is C23H17BN2O2. The monoisotopic (exact) mass is 364 g/mol. The number of para-hydroxylation sites is 1. The van der Waals surface area contributed by atoms with Gasteiger partial charge in [-0.15, -0.1) is 0 Å². The maximum absolute atomic E-state index is 13.1. The van der Waals surface area contributed by atoms with Crippen molar-refractivity contribution in [3.8, 4) is 0 Å². The van der Waals surface area contributed by atoms with E-state index in [4.69, 9.17) is 7.85 Å². The minimum absolute atomic E-state index is 0.101. The number of ketones is 1. The first kappa shape index (κ1) is 17.9. The fraction of sp³-hybridized carbons (Fsp3) is 0.0870. The van der Waals surface area contributed by atoms with Gasteiger partial charge in [0.15, 0.2) is 5.78 Å². The molecule has 0 aliphatic carbocycles. The summed E-state index contributed by atoms with van der Waals surface area (Å²) in [4.78, 5) is 30.6. The van der Waals surface area contributed by atoms with E-state index >= 15 is 0 Å². The van der Waals surface area contributed by atoms with Crippen LogP contribution in [0.3, 0.4) is 0 Å². The van der Waals surface area contributed by atoms with Crippen LogP contribution in [-0.4, -0.2) is 23.2 Å². The highest BCUT2D eigenvalue weighted by molar-refractivity contribution is 6.37. The van der Waals surface area contributed by atoms with Crippen LogP contribution in [0.4, 0.5) is 0 Å². The molecule has 5 heteroatoms. The van der Waals surface area contributed by atoms with Crippen molar-refractivity contribution >= 4 is 30.0 Å². The van der Waals surface area contributed by atoms with Gasteiger partial charge in [0.05, 0.1) is 23.3 Å². The van der Waals surface area contributed by atoms with E-state index in [0.717, 1.165) is 16.9 Å². The second-order valence-corrected chi connectivity index (χ2v) is 6.70. The largest absolute Gasteiger partial charge is 0.340 e. The van der Waals surface area contributed by atoms with Gasteiger partial charge in [0.2, 0.25) is 5.43 Å². The van der Waals surface area contributed by atoms with E-state index < -0.39 is 0 Å². The lowest BCUT2D eigenvalue weighted by molar-refractivity contribution is 0.103. The summed E-state index contributed by atoms with van der Waals surface area (Å²) >= 11 is 0. The molecule has 2 aromatic heterocycles. The topological polar surface area (TPSA) is 52.0 Å². The molecule has 4 aromatic rings. The van der Waals surface area contributed by atoms with Gasteiger partial charge >= 0.3 is 0 Å². The van der Waals surface area contributed by atoms with Gasteiger partial charge in [0.25, 0.3) is 0 Å². The second-order valence-electron chi connectivity index (χ2n) is 6.70. The van der Waals surface area contributed by atoms with Crippen LogP contribution in [0.25, 0.3) is 10.9 Å². The maximum Gasteiger partial charge on any atom is 0.200 e. The van der Waals surface area contributed by atoms with E-state index in [1.807, 2.05) is 41.8 Å². The van der Waals surface area contributed by atoms with Crippen LogP contribution in [0, 0.1) is 6.92 Å². The van der Waals surface area contributed by atoms with Crippen LogP contribution in [-0.2, 0) is 6.54 Å². The molecule has 4 nitrogen and oxygen atoms in total. The Kier molecular flexibility index (Phi) is 4.66.